The molecule has 0 aromatic heterocycles. The third kappa shape index (κ3) is 3.32. The van der Waals surface area contributed by atoms with Gasteiger partial charge in [0.05, 0.1) is 19.2 Å². The Labute approximate surface area is 109 Å². The molecule has 0 saturated carbocycles. The number of ketones is 1. The van der Waals surface area contributed by atoms with Gasteiger partial charge in [0, 0.05) is 6.42 Å². The third-order valence-electron chi connectivity index (χ3n) is 3.94. The van der Waals surface area contributed by atoms with Gasteiger partial charge in [-0.15, -0.1) is 0 Å². The first kappa shape index (κ1) is 15.2. The van der Waals surface area contributed by atoms with Crippen molar-refractivity contribution in [2.24, 2.45) is 0 Å². The Morgan fingerprint density at radius 1 is 1.50 bits per heavy atom. The van der Waals surface area contributed by atoms with Crippen LogP contribution in [0.25, 0.3) is 0 Å². The van der Waals surface area contributed by atoms with E-state index in [4.69, 9.17) is 9.53 Å². The molecule has 6 heteroatoms. The van der Waals surface area contributed by atoms with E-state index >= 15 is 0 Å². The van der Waals surface area contributed by atoms with Gasteiger partial charge < -0.3 is 9.53 Å². The van der Waals surface area contributed by atoms with Crippen LogP contribution in [0.3, 0.4) is 0 Å². The lowest BCUT2D eigenvalue weighted by Crippen LogP contribution is -2.45. The lowest BCUT2D eigenvalue weighted by molar-refractivity contribution is -0.116. The lowest BCUT2D eigenvalue weighted by atomic mass is 10.2. The number of amides is 1. The number of Topliss-reactive ketones (excluding diaryl/α,β-unsaturated/α-hetero) is 1. The molecule has 104 valence electrons. The fraction of sp³-hybridized carbons (Fsp3) is 0.833. The maximum Gasteiger partial charge on any atom is 0.408 e. The van der Waals surface area contributed by atoms with E-state index in [0.29, 0.717) is 6.61 Å². The highest BCUT2D eigenvalue weighted by molar-refractivity contribution is 6.74. The molecule has 1 aliphatic rings. The Kier molecular flexibility index (Phi) is 4.22. The number of hydrogen-bond acceptors (Lipinski definition) is 3. The first-order chi connectivity index (χ1) is 8.04. The van der Waals surface area contributed by atoms with Crippen LogP contribution in [0.1, 0.15) is 27.2 Å². The topological polar surface area (TPSA) is 66.8 Å². The Hall–Kier alpha value is -0.883. The van der Waals surface area contributed by atoms with E-state index in [1.165, 1.54) is 4.90 Å². The van der Waals surface area contributed by atoms with E-state index in [0.717, 1.165) is 0 Å². The minimum atomic E-state index is -1.89. The van der Waals surface area contributed by atoms with Crippen LogP contribution in [0, 0.1) is 0 Å². The van der Waals surface area contributed by atoms with Crippen LogP contribution in [0.5, 0.6) is 0 Å². The van der Waals surface area contributed by atoms with Gasteiger partial charge in [-0.25, -0.2) is 4.79 Å². The van der Waals surface area contributed by atoms with Crippen molar-refractivity contribution in [1.82, 2.24) is 4.90 Å². The van der Waals surface area contributed by atoms with Gasteiger partial charge >= 0.3 is 6.09 Å². The van der Waals surface area contributed by atoms with Gasteiger partial charge in [-0.05, 0) is 18.1 Å². The molecule has 1 heterocycles. The van der Waals surface area contributed by atoms with Gasteiger partial charge in [0.15, 0.2) is 14.1 Å². The summed E-state index contributed by atoms with van der Waals surface area (Å²) in [5.41, 5.74) is 0. The second-order valence-corrected chi connectivity index (χ2v) is 11.2. The zero-order chi connectivity index (χ0) is 14.1. The number of carbonyl (C=O) groups is 2. The number of nitrogens with zero attached hydrogens (tertiary/aromatic N) is 1. The summed E-state index contributed by atoms with van der Waals surface area (Å²) in [6.07, 6.45) is -0.759. The van der Waals surface area contributed by atoms with Gasteiger partial charge in [-0.1, -0.05) is 20.8 Å². The molecule has 0 radical (unpaired) electrons. The lowest BCUT2D eigenvalue weighted by Gasteiger charge is -2.37. The van der Waals surface area contributed by atoms with E-state index in [9.17, 15) is 9.59 Å². The number of rotatable bonds is 3. The summed E-state index contributed by atoms with van der Waals surface area (Å²) in [5.74, 6) is -0.0266. The van der Waals surface area contributed by atoms with Crippen molar-refractivity contribution in [3.8, 4) is 0 Å². The maximum atomic E-state index is 11.3. The van der Waals surface area contributed by atoms with Gasteiger partial charge in [0.25, 0.3) is 0 Å². The van der Waals surface area contributed by atoms with Crippen molar-refractivity contribution in [1.29, 1.82) is 0 Å². The molecular formula is C12H23NO4Si. The standard InChI is InChI=1S/C12H23NO4Si/c1-12(2,3)18(4,5)17-8-9-6-10(14)7-13(9)11(15)16/h9H,6-8H2,1-5H3,(H,15,16)/t9-/m0/s1. The molecule has 0 aliphatic carbocycles. The third-order valence-corrected chi connectivity index (χ3v) is 8.44. The van der Waals surface area contributed by atoms with Crippen molar-refractivity contribution in [2.75, 3.05) is 13.2 Å². The molecule has 0 spiro atoms. The molecule has 0 aromatic rings. The van der Waals surface area contributed by atoms with Crippen LogP contribution < -0.4 is 0 Å². The zero-order valence-corrected chi connectivity index (χ0v) is 12.8. The number of hydrogen-bond donors (Lipinski definition) is 1. The normalized spacial score (nSPS) is 21.5. The molecule has 1 aliphatic heterocycles. The molecule has 1 N–H and O–H groups in total. The van der Waals surface area contributed by atoms with Crippen LogP contribution in [-0.2, 0) is 9.22 Å². The van der Waals surface area contributed by atoms with Crippen molar-refractivity contribution >= 4 is 20.2 Å². The minimum absolute atomic E-state index is 0.000855. The van der Waals surface area contributed by atoms with Gasteiger partial charge in [0.2, 0.25) is 0 Å². The maximum absolute atomic E-state index is 11.3. The van der Waals surface area contributed by atoms with E-state index in [2.05, 4.69) is 33.9 Å². The Morgan fingerprint density at radius 2 is 2.06 bits per heavy atom. The number of carbonyl (C=O) groups excluding carboxylic acids is 1. The summed E-state index contributed by atoms with van der Waals surface area (Å²) in [5, 5.41) is 9.11. The molecule has 1 rings (SSSR count). The zero-order valence-electron chi connectivity index (χ0n) is 11.8. The predicted octanol–water partition coefficient (Wildman–Crippen LogP) is 2.33. The summed E-state index contributed by atoms with van der Waals surface area (Å²) in [6, 6.07) is -0.316. The molecule has 0 unspecified atom stereocenters. The molecule has 18 heavy (non-hydrogen) atoms. The van der Waals surface area contributed by atoms with Gasteiger partial charge in [0.1, 0.15) is 0 Å². The average molecular weight is 273 g/mol. The van der Waals surface area contributed by atoms with Crippen LogP contribution in [-0.4, -0.2) is 49.4 Å². The number of carboxylic acid groups (broad SMARTS) is 1. The average Bonchev–Trinajstić information content (AvgIpc) is 2.55. The summed E-state index contributed by atoms with van der Waals surface area (Å²) in [4.78, 5) is 23.5. The molecule has 0 aromatic carbocycles. The Bertz CT molecular complexity index is 348. The van der Waals surface area contributed by atoms with E-state index in [1.54, 1.807) is 0 Å². The highest BCUT2D eigenvalue weighted by Gasteiger charge is 2.40. The number of likely N-dealkylation sites (tertiary alicyclic amines) is 1. The van der Waals surface area contributed by atoms with E-state index in [-0.39, 0.29) is 29.8 Å². The summed E-state index contributed by atoms with van der Waals surface area (Å²) >= 11 is 0. The van der Waals surface area contributed by atoms with E-state index < -0.39 is 14.4 Å². The SMILES string of the molecule is CC(C)(C)[Si](C)(C)OC[C@@H]1CC(=O)CN1C(=O)O. The molecule has 1 amide bonds. The summed E-state index contributed by atoms with van der Waals surface area (Å²) < 4.78 is 5.99. The quantitative estimate of drug-likeness (QED) is 0.801. The van der Waals surface area contributed by atoms with Gasteiger partial charge in [-0.3, -0.25) is 9.69 Å². The monoisotopic (exact) mass is 273 g/mol. The van der Waals surface area contributed by atoms with Crippen LogP contribution in [0.2, 0.25) is 18.1 Å². The highest BCUT2D eigenvalue weighted by Crippen LogP contribution is 2.37. The minimum Gasteiger partial charge on any atom is -0.465 e. The second-order valence-electron chi connectivity index (χ2n) is 6.38. The van der Waals surface area contributed by atoms with Crippen LogP contribution in [0.4, 0.5) is 4.79 Å². The van der Waals surface area contributed by atoms with Gasteiger partial charge in [-0.2, -0.15) is 0 Å². The highest BCUT2D eigenvalue weighted by atomic mass is 28.4. The predicted molar refractivity (Wildman–Crippen MR) is 71.3 cm³/mol. The Balaban J connectivity index is 2.63. The van der Waals surface area contributed by atoms with Crippen molar-refractivity contribution in [3.63, 3.8) is 0 Å². The fourth-order valence-corrected chi connectivity index (χ4v) is 2.69. The first-order valence-corrected chi connectivity index (χ1v) is 9.10. The summed E-state index contributed by atoms with van der Waals surface area (Å²) in [7, 11) is -1.89. The van der Waals surface area contributed by atoms with E-state index in [1.807, 2.05) is 0 Å². The molecule has 1 saturated heterocycles. The smallest absolute Gasteiger partial charge is 0.408 e. The molecule has 1 fully saturated rings. The summed E-state index contributed by atoms with van der Waals surface area (Å²) in [6.45, 7) is 11.0. The fourth-order valence-electron chi connectivity index (χ4n) is 1.65. The Morgan fingerprint density at radius 3 is 2.50 bits per heavy atom. The second kappa shape index (κ2) is 5.01. The van der Waals surface area contributed by atoms with Crippen molar-refractivity contribution in [2.45, 2.75) is 51.4 Å². The van der Waals surface area contributed by atoms with Crippen molar-refractivity contribution < 1.29 is 19.1 Å². The largest absolute Gasteiger partial charge is 0.465 e. The van der Waals surface area contributed by atoms with Crippen molar-refractivity contribution in [3.05, 3.63) is 0 Å². The molecule has 0 bridgehead atoms. The molecule has 1 atom stereocenters. The van der Waals surface area contributed by atoms with Crippen LogP contribution >= 0.6 is 0 Å². The molecule has 5 nitrogen and oxygen atoms in total. The van der Waals surface area contributed by atoms with Crippen LogP contribution in [0.15, 0.2) is 0 Å². The first-order valence-electron chi connectivity index (χ1n) is 6.20. The molecular weight excluding hydrogens is 250 g/mol.